The van der Waals surface area contributed by atoms with Crippen molar-refractivity contribution >= 4 is 5.69 Å². The van der Waals surface area contributed by atoms with Crippen LogP contribution in [0.5, 0.6) is 0 Å². The first kappa shape index (κ1) is 15.3. The maximum atomic E-state index is 5.56. The molecule has 3 heteroatoms. The topological polar surface area (TPSA) is 30.5 Å². The van der Waals surface area contributed by atoms with Crippen LogP contribution in [0.4, 0.5) is 5.69 Å². The maximum absolute atomic E-state index is 5.56. The summed E-state index contributed by atoms with van der Waals surface area (Å²) in [6.07, 6.45) is 6.99. The molecule has 1 aromatic carbocycles. The van der Waals surface area contributed by atoms with Crippen molar-refractivity contribution in [2.24, 2.45) is 5.92 Å². The average Bonchev–Trinajstić information content (AvgIpc) is 2.51. The van der Waals surface area contributed by atoms with Crippen LogP contribution in [0, 0.1) is 5.92 Å². The second-order valence-electron chi connectivity index (χ2n) is 5.63. The van der Waals surface area contributed by atoms with E-state index in [-0.39, 0.29) is 0 Å². The molecule has 1 aromatic rings. The Labute approximate surface area is 122 Å². The SMILES string of the molecule is COCCOCc1cccc(NCC2CCCCC2)c1. The molecule has 0 aromatic heterocycles. The van der Waals surface area contributed by atoms with Crippen LogP contribution in [0.3, 0.4) is 0 Å². The van der Waals surface area contributed by atoms with Gasteiger partial charge in [-0.2, -0.15) is 0 Å². The Morgan fingerprint density at radius 2 is 2.00 bits per heavy atom. The van der Waals surface area contributed by atoms with Crippen LogP contribution in [0.2, 0.25) is 0 Å². The summed E-state index contributed by atoms with van der Waals surface area (Å²) in [5, 5.41) is 3.58. The summed E-state index contributed by atoms with van der Waals surface area (Å²) in [7, 11) is 1.69. The zero-order valence-corrected chi connectivity index (χ0v) is 12.6. The van der Waals surface area contributed by atoms with Gasteiger partial charge < -0.3 is 14.8 Å². The fraction of sp³-hybridized carbons (Fsp3) is 0.647. The summed E-state index contributed by atoms with van der Waals surface area (Å²) in [5.41, 5.74) is 2.43. The van der Waals surface area contributed by atoms with Crippen LogP contribution in [-0.4, -0.2) is 26.9 Å². The monoisotopic (exact) mass is 277 g/mol. The zero-order chi connectivity index (χ0) is 14.0. The van der Waals surface area contributed by atoms with E-state index in [9.17, 15) is 0 Å². The van der Waals surface area contributed by atoms with Crippen LogP contribution >= 0.6 is 0 Å². The molecule has 0 bridgehead atoms. The molecule has 20 heavy (non-hydrogen) atoms. The minimum atomic E-state index is 0.649. The molecule has 0 amide bonds. The first-order valence-electron chi connectivity index (χ1n) is 7.78. The van der Waals surface area contributed by atoms with Crippen molar-refractivity contribution in [1.29, 1.82) is 0 Å². The summed E-state index contributed by atoms with van der Waals surface area (Å²) >= 11 is 0. The van der Waals surface area contributed by atoms with Crippen molar-refractivity contribution in [2.75, 3.05) is 32.2 Å². The van der Waals surface area contributed by atoms with Crippen molar-refractivity contribution in [1.82, 2.24) is 0 Å². The lowest BCUT2D eigenvalue weighted by Gasteiger charge is -2.22. The molecule has 0 spiro atoms. The second kappa shape index (κ2) is 8.98. The number of benzene rings is 1. The number of anilines is 1. The number of hydrogen-bond acceptors (Lipinski definition) is 3. The largest absolute Gasteiger partial charge is 0.385 e. The fourth-order valence-electron chi connectivity index (χ4n) is 2.76. The van der Waals surface area contributed by atoms with E-state index in [2.05, 4.69) is 29.6 Å². The maximum Gasteiger partial charge on any atom is 0.0718 e. The lowest BCUT2D eigenvalue weighted by molar-refractivity contribution is 0.0617. The van der Waals surface area contributed by atoms with Gasteiger partial charge in [-0.1, -0.05) is 31.4 Å². The zero-order valence-electron chi connectivity index (χ0n) is 12.6. The summed E-state index contributed by atoms with van der Waals surface area (Å²) in [6.45, 7) is 3.06. The Hall–Kier alpha value is -1.06. The smallest absolute Gasteiger partial charge is 0.0718 e. The van der Waals surface area contributed by atoms with Gasteiger partial charge in [0.15, 0.2) is 0 Å². The first-order valence-corrected chi connectivity index (χ1v) is 7.78. The minimum absolute atomic E-state index is 0.649. The molecule has 112 valence electrons. The Morgan fingerprint density at radius 1 is 1.15 bits per heavy atom. The van der Waals surface area contributed by atoms with Crippen molar-refractivity contribution in [3.05, 3.63) is 29.8 Å². The van der Waals surface area contributed by atoms with E-state index in [4.69, 9.17) is 9.47 Å². The lowest BCUT2D eigenvalue weighted by atomic mass is 9.89. The highest BCUT2D eigenvalue weighted by atomic mass is 16.5. The molecule has 1 N–H and O–H groups in total. The molecule has 3 nitrogen and oxygen atoms in total. The molecule has 1 saturated carbocycles. The van der Waals surface area contributed by atoms with Gasteiger partial charge in [0, 0.05) is 19.3 Å². The fourth-order valence-corrected chi connectivity index (χ4v) is 2.76. The molecule has 0 saturated heterocycles. The number of rotatable bonds is 8. The van der Waals surface area contributed by atoms with Crippen LogP contribution in [0.15, 0.2) is 24.3 Å². The standard InChI is InChI=1S/C17H27NO2/c1-19-10-11-20-14-16-8-5-9-17(12-16)18-13-15-6-3-2-4-7-15/h5,8-9,12,15,18H,2-4,6-7,10-11,13-14H2,1H3. The third kappa shape index (κ3) is 5.51. The molecular weight excluding hydrogens is 250 g/mol. The van der Waals surface area contributed by atoms with Gasteiger partial charge in [-0.25, -0.2) is 0 Å². The predicted octanol–water partition coefficient (Wildman–Crippen LogP) is 3.84. The molecule has 0 atom stereocenters. The molecule has 0 heterocycles. The number of hydrogen-bond donors (Lipinski definition) is 1. The number of ether oxygens (including phenoxy) is 2. The van der Waals surface area contributed by atoms with E-state index in [1.807, 2.05) is 0 Å². The predicted molar refractivity (Wildman–Crippen MR) is 83.0 cm³/mol. The van der Waals surface area contributed by atoms with Crippen molar-refractivity contribution < 1.29 is 9.47 Å². The Bertz CT molecular complexity index is 375. The summed E-state index contributed by atoms with van der Waals surface area (Å²) in [4.78, 5) is 0. The number of nitrogens with one attached hydrogen (secondary N) is 1. The Morgan fingerprint density at radius 3 is 2.80 bits per heavy atom. The van der Waals surface area contributed by atoms with Crippen LogP contribution < -0.4 is 5.32 Å². The summed E-state index contributed by atoms with van der Waals surface area (Å²) in [5.74, 6) is 0.852. The van der Waals surface area contributed by atoms with Gasteiger partial charge in [-0.15, -0.1) is 0 Å². The van der Waals surface area contributed by atoms with Crippen LogP contribution in [0.25, 0.3) is 0 Å². The molecule has 2 rings (SSSR count). The molecule has 1 fully saturated rings. The Balaban J connectivity index is 1.73. The van der Waals surface area contributed by atoms with E-state index < -0.39 is 0 Å². The molecule has 0 unspecified atom stereocenters. The van der Waals surface area contributed by atoms with Crippen molar-refractivity contribution in [3.8, 4) is 0 Å². The molecular formula is C17H27NO2. The van der Waals surface area contributed by atoms with Gasteiger partial charge in [0.25, 0.3) is 0 Å². The Kier molecular flexibility index (Phi) is 6.89. The van der Waals surface area contributed by atoms with E-state index in [0.29, 0.717) is 19.8 Å². The van der Waals surface area contributed by atoms with Crippen LogP contribution in [-0.2, 0) is 16.1 Å². The van der Waals surface area contributed by atoms with E-state index in [0.717, 1.165) is 12.5 Å². The van der Waals surface area contributed by atoms with Crippen molar-refractivity contribution in [3.63, 3.8) is 0 Å². The lowest BCUT2D eigenvalue weighted by Crippen LogP contribution is -2.17. The first-order chi connectivity index (χ1) is 9.88. The van der Waals surface area contributed by atoms with Gasteiger partial charge in [-0.3, -0.25) is 0 Å². The van der Waals surface area contributed by atoms with Gasteiger partial charge in [0.05, 0.1) is 19.8 Å². The normalized spacial score (nSPS) is 16.2. The van der Waals surface area contributed by atoms with Gasteiger partial charge in [0.1, 0.15) is 0 Å². The van der Waals surface area contributed by atoms with Gasteiger partial charge in [0.2, 0.25) is 0 Å². The van der Waals surface area contributed by atoms with Gasteiger partial charge in [-0.05, 0) is 36.5 Å². The highest BCUT2D eigenvalue weighted by Crippen LogP contribution is 2.24. The number of methoxy groups -OCH3 is 1. The second-order valence-corrected chi connectivity index (χ2v) is 5.63. The molecule has 1 aliphatic rings. The van der Waals surface area contributed by atoms with E-state index in [1.54, 1.807) is 7.11 Å². The highest BCUT2D eigenvalue weighted by molar-refractivity contribution is 5.45. The molecule has 0 radical (unpaired) electrons. The van der Waals surface area contributed by atoms with E-state index in [1.165, 1.54) is 43.4 Å². The average molecular weight is 277 g/mol. The molecule has 0 aliphatic heterocycles. The third-order valence-corrected chi connectivity index (χ3v) is 3.95. The summed E-state index contributed by atoms with van der Waals surface area (Å²) in [6, 6.07) is 8.54. The van der Waals surface area contributed by atoms with E-state index >= 15 is 0 Å². The molecule has 1 aliphatic carbocycles. The van der Waals surface area contributed by atoms with Crippen molar-refractivity contribution in [2.45, 2.75) is 38.7 Å². The highest BCUT2D eigenvalue weighted by Gasteiger charge is 2.12. The minimum Gasteiger partial charge on any atom is -0.385 e. The quantitative estimate of drug-likeness (QED) is 0.732. The van der Waals surface area contributed by atoms with Crippen LogP contribution in [0.1, 0.15) is 37.7 Å². The summed E-state index contributed by atoms with van der Waals surface area (Å²) < 4.78 is 10.5. The third-order valence-electron chi connectivity index (χ3n) is 3.95. The van der Waals surface area contributed by atoms with Gasteiger partial charge >= 0.3 is 0 Å².